The van der Waals surface area contributed by atoms with Crippen LogP contribution in [0.3, 0.4) is 0 Å². The summed E-state index contributed by atoms with van der Waals surface area (Å²) in [5.74, 6) is 2.48. The quantitative estimate of drug-likeness (QED) is 0.646. The van der Waals surface area contributed by atoms with E-state index in [9.17, 15) is 4.79 Å². The molecule has 0 radical (unpaired) electrons. The maximum absolute atomic E-state index is 12.6. The lowest BCUT2D eigenvalue weighted by atomic mass is 9.69. The van der Waals surface area contributed by atoms with Crippen LogP contribution < -0.4 is 0 Å². The molecule has 1 heteroatoms. The Bertz CT molecular complexity index is 360. The van der Waals surface area contributed by atoms with Crippen molar-refractivity contribution in [3.8, 4) is 0 Å². The lowest BCUT2D eigenvalue weighted by Gasteiger charge is -2.35. The smallest absolute Gasteiger partial charge is 0.158 e. The SMILES string of the molecule is CCC(C)C1CCC(C)(C)C=C1C(=O)CCC1CC1. The lowest BCUT2D eigenvalue weighted by molar-refractivity contribution is -0.116. The zero-order chi connectivity index (χ0) is 14.0. The third-order valence-electron chi connectivity index (χ3n) is 5.17. The zero-order valence-electron chi connectivity index (χ0n) is 13.2. The second kappa shape index (κ2) is 5.81. The van der Waals surface area contributed by atoms with Crippen LogP contribution in [0, 0.1) is 23.2 Å². The van der Waals surface area contributed by atoms with Gasteiger partial charge < -0.3 is 0 Å². The Labute approximate surface area is 118 Å². The minimum atomic E-state index is 0.217. The monoisotopic (exact) mass is 262 g/mol. The van der Waals surface area contributed by atoms with E-state index in [-0.39, 0.29) is 5.41 Å². The first-order chi connectivity index (χ1) is 8.93. The number of allylic oxidation sites excluding steroid dienone is 2. The van der Waals surface area contributed by atoms with Crippen molar-refractivity contribution in [2.75, 3.05) is 0 Å². The number of hydrogen-bond acceptors (Lipinski definition) is 1. The number of ketones is 1. The van der Waals surface area contributed by atoms with Crippen molar-refractivity contribution in [2.24, 2.45) is 23.2 Å². The third kappa shape index (κ3) is 3.94. The lowest BCUT2D eigenvalue weighted by Crippen LogP contribution is -2.28. The fourth-order valence-corrected chi connectivity index (χ4v) is 3.33. The highest BCUT2D eigenvalue weighted by Gasteiger charge is 2.33. The second-order valence-electron chi connectivity index (χ2n) is 7.52. The molecular formula is C18H30O. The average Bonchev–Trinajstić information content (AvgIpc) is 3.18. The molecule has 0 saturated heterocycles. The van der Waals surface area contributed by atoms with Gasteiger partial charge in [-0.15, -0.1) is 0 Å². The molecule has 2 atom stereocenters. The predicted octanol–water partition coefficient (Wildman–Crippen LogP) is 5.15. The van der Waals surface area contributed by atoms with E-state index in [1.807, 2.05) is 0 Å². The van der Waals surface area contributed by atoms with Crippen LogP contribution >= 0.6 is 0 Å². The summed E-state index contributed by atoms with van der Waals surface area (Å²) < 4.78 is 0. The van der Waals surface area contributed by atoms with E-state index in [0.717, 1.165) is 18.8 Å². The van der Waals surface area contributed by atoms with Crippen molar-refractivity contribution >= 4 is 5.78 Å². The van der Waals surface area contributed by atoms with Gasteiger partial charge in [0.2, 0.25) is 0 Å². The molecule has 2 aliphatic carbocycles. The van der Waals surface area contributed by atoms with Crippen LogP contribution in [0.1, 0.15) is 72.6 Å². The van der Waals surface area contributed by atoms with Crippen molar-refractivity contribution in [3.05, 3.63) is 11.6 Å². The molecule has 1 fully saturated rings. The summed E-state index contributed by atoms with van der Waals surface area (Å²) >= 11 is 0. The summed E-state index contributed by atoms with van der Waals surface area (Å²) in [6.45, 7) is 9.10. The molecule has 2 unspecified atom stereocenters. The molecule has 108 valence electrons. The van der Waals surface area contributed by atoms with Gasteiger partial charge in [0.15, 0.2) is 5.78 Å². The Kier molecular flexibility index (Phi) is 4.53. The molecule has 0 bridgehead atoms. The first-order valence-corrected chi connectivity index (χ1v) is 8.19. The summed E-state index contributed by atoms with van der Waals surface area (Å²) in [7, 11) is 0. The van der Waals surface area contributed by atoms with Crippen LogP contribution in [-0.4, -0.2) is 5.78 Å². The van der Waals surface area contributed by atoms with Crippen LogP contribution in [0.2, 0.25) is 0 Å². The molecule has 0 N–H and O–H groups in total. The van der Waals surface area contributed by atoms with Gasteiger partial charge in [-0.2, -0.15) is 0 Å². The van der Waals surface area contributed by atoms with E-state index in [1.165, 1.54) is 37.7 Å². The molecule has 1 saturated carbocycles. The number of Topliss-reactive ketones (excluding diaryl/α,β-unsaturated/α-hetero) is 1. The standard InChI is InChI=1S/C18H30O/c1-5-13(2)15-10-11-18(3,4)12-16(15)17(19)9-8-14-6-7-14/h12-15H,5-11H2,1-4H3. The molecule has 1 nitrogen and oxygen atoms in total. The molecule has 2 rings (SSSR count). The van der Waals surface area contributed by atoms with Gasteiger partial charge in [-0.3, -0.25) is 4.79 Å². The number of rotatable bonds is 6. The maximum Gasteiger partial charge on any atom is 0.158 e. The molecule has 0 spiro atoms. The molecule has 0 aliphatic heterocycles. The van der Waals surface area contributed by atoms with Gasteiger partial charge in [0.1, 0.15) is 0 Å². The largest absolute Gasteiger partial charge is 0.295 e. The summed E-state index contributed by atoms with van der Waals surface area (Å²) in [6, 6.07) is 0. The summed E-state index contributed by atoms with van der Waals surface area (Å²) in [6.07, 6.45) is 10.5. The van der Waals surface area contributed by atoms with Gasteiger partial charge in [0.25, 0.3) is 0 Å². The first kappa shape index (κ1) is 14.8. The molecule has 0 aromatic carbocycles. The Morgan fingerprint density at radius 3 is 2.63 bits per heavy atom. The van der Waals surface area contributed by atoms with Crippen molar-refractivity contribution < 1.29 is 4.79 Å². The fourth-order valence-electron chi connectivity index (χ4n) is 3.33. The number of carbonyl (C=O) groups excluding carboxylic acids is 1. The van der Waals surface area contributed by atoms with Gasteiger partial charge in [-0.1, -0.05) is 53.0 Å². The van der Waals surface area contributed by atoms with E-state index in [1.54, 1.807) is 0 Å². The Balaban J connectivity index is 2.08. The van der Waals surface area contributed by atoms with Crippen molar-refractivity contribution in [2.45, 2.75) is 72.6 Å². The third-order valence-corrected chi connectivity index (χ3v) is 5.17. The average molecular weight is 262 g/mol. The first-order valence-electron chi connectivity index (χ1n) is 8.19. The Morgan fingerprint density at radius 2 is 2.05 bits per heavy atom. The maximum atomic E-state index is 12.6. The highest BCUT2D eigenvalue weighted by molar-refractivity contribution is 5.96. The minimum Gasteiger partial charge on any atom is -0.295 e. The molecule has 0 amide bonds. The van der Waals surface area contributed by atoms with E-state index >= 15 is 0 Å². The summed E-state index contributed by atoms with van der Waals surface area (Å²) in [5, 5.41) is 0. The van der Waals surface area contributed by atoms with Crippen LogP contribution in [0.25, 0.3) is 0 Å². The van der Waals surface area contributed by atoms with E-state index < -0.39 is 0 Å². The molecule has 0 heterocycles. The van der Waals surface area contributed by atoms with Crippen LogP contribution in [0.15, 0.2) is 11.6 Å². The highest BCUT2D eigenvalue weighted by Crippen LogP contribution is 2.42. The minimum absolute atomic E-state index is 0.217. The fraction of sp³-hybridized carbons (Fsp3) is 0.833. The van der Waals surface area contributed by atoms with Crippen molar-refractivity contribution in [3.63, 3.8) is 0 Å². The normalized spacial score (nSPS) is 27.8. The molecular weight excluding hydrogens is 232 g/mol. The van der Waals surface area contributed by atoms with Crippen molar-refractivity contribution in [1.82, 2.24) is 0 Å². The molecule has 19 heavy (non-hydrogen) atoms. The van der Waals surface area contributed by atoms with E-state index in [4.69, 9.17) is 0 Å². The van der Waals surface area contributed by atoms with Gasteiger partial charge in [-0.05, 0) is 48.0 Å². The predicted molar refractivity (Wildman–Crippen MR) is 81.0 cm³/mol. The van der Waals surface area contributed by atoms with Crippen LogP contribution in [0.5, 0.6) is 0 Å². The Hall–Kier alpha value is -0.590. The second-order valence-corrected chi connectivity index (χ2v) is 7.52. The Morgan fingerprint density at radius 1 is 1.37 bits per heavy atom. The summed E-state index contributed by atoms with van der Waals surface area (Å²) in [5.41, 5.74) is 1.39. The van der Waals surface area contributed by atoms with Gasteiger partial charge in [-0.25, -0.2) is 0 Å². The van der Waals surface area contributed by atoms with Gasteiger partial charge >= 0.3 is 0 Å². The molecule has 2 aliphatic rings. The van der Waals surface area contributed by atoms with E-state index in [2.05, 4.69) is 33.8 Å². The summed E-state index contributed by atoms with van der Waals surface area (Å²) in [4.78, 5) is 12.6. The highest BCUT2D eigenvalue weighted by atomic mass is 16.1. The topological polar surface area (TPSA) is 17.1 Å². The van der Waals surface area contributed by atoms with Gasteiger partial charge in [0, 0.05) is 6.42 Å². The van der Waals surface area contributed by atoms with Crippen LogP contribution in [0.4, 0.5) is 0 Å². The van der Waals surface area contributed by atoms with Gasteiger partial charge in [0.05, 0.1) is 0 Å². The number of carbonyl (C=O) groups is 1. The molecule has 0 aromatic rings. The van der Waals surface area contributed by atoms with E-state index in [0.29, 0.717) is 17.6 Å². The van der Waals surface area contributed by atoms with Crippen molar-refractivity contribution in [1.29, 1.82) is 0 Å². The molecule has 0 aromatic heterocycles. The van der Waals surface area contributed by atoms with Crippen LogP contribution in [-0.2, 0) is 4.79 Å². The zero-order valence-corrected chi connectivity index (χ0v) is 13.2. The number of hydrogen-bond donors (Lipinski definition) is 0.